The number of amides is 2. The van der Waals surface area contributed by atoms with Crippen molar-refractivity contribution in [2.75, 3.05) is 10.6 Å². The predicted octanol–water partition coefficient (Wildman–Crippen LogP) is 4.60. The Hall–Kier alpha value is -1.99. The molecule has 2 amide bonds. The average molecular weight is 393 g/mol. The number of benzene rings is 1. The van der Waals surface area contributed by atoms with E-state index in [0.717, 1.165) is 17.8 Å². The van der Waals surface area contributed by atoms with Crippen LogP contribution in [0.1, 0.15) is 55.9 Å². The molecule has 0 aliphatic heterocycles. The Morgan fingerprint density at radius 3 is 2.54 bits per heavy atom. The van der Waals surface area contributed by atoms with E-state index < -0.39 is 0 Å². The molecule has 1 saturated carbocycles. The normalized spacial score (nSPS) is 14.8. The number of hydrogen-bond acceptors (Lipinski definition) is 5. The highest BCUT2D eigenvalue weighted by Crippen LogP contribution is 2.35. The Labute approximate surface area is 161 Å². The smallest absolute Gasteiger partial charge is 0.226 e. The van der Waals surface area contributed by atoms with Gasteiger partial charge >= 0.3 is 0 Å². The summed E-state index contributed by atoms with van der Waals surface area (Å²) in [5, 5.41) is 15.8. The van der Waals surface area contributed by atoms with Gasteiger partial charge in [0.2, 0.25) is 16.9 Å². The third kappa shape index (κ3) is 5.51. The summed E-state index contributed by atoms with van der Waals surface area (Å²) >= 11 is 7.31. The van der Waals surface area contributed by atoms with Crippen molar-refractivity contribution < 1.29 is 9.59 Å². The molecule has 1 aliphatic rings. The average Bonchev–Trinajstić information content (AvgIpc) is 3.09. The van der Waals surface area contributed by atoms with E-state index in [4.69, 9.17) is 11.6 Å². The van der Waals surface area contributed by atoms with Crippen LogP contribution in [0.15, 0.2) is 24.3 Å². The van der Waals surface area contributed by atoms with Crippen molar-refractivity contribution in [1.29, 1.82) is 0 Å². The quantitative estimate of drug-likeness (QED) is 0.752. The molecule has 2 aromatic rings. The monoisotopic (exact) mass is 392 g/mol. The Bertz CT molecular complexity index is 774. The zero-order chi connectivity index (χ0) is 18.4. The molecule has 1 aliphatic carbocycles. The zero-order valence-corrected chi connectivity index (χ0v) is 15.9. The van der Waals surface area contributed by atoms with Crippen molar-refractivity contribution in [2.45, 2.75) is 50.9 Å². The lowest BCUT2D eigenvalue weighted by molar-refractivity contribution is -0.121. The van der Waals surface area contributed by atoms with Gasteiger partial charge in [-0.2, -0.15) is 0 Å². The SMILES string of the molecule is O=C(CCC(=O)Nc1nnc(C2CCCCC2)s1)Nc1cccc(Cl)c1. The highest BCUT2D eigenvalue weighted by molar-refractivity contribution is 7.15. The molecule has 138 valence electrons. The van der Waals surface area contributed by atoms with Crippen molar-refractivity contribution in [3.05, 3.63) is 34.3 Å². The van der Waals surface area contributed by atoms with Crippen LogP contribution >= 0.6 is 22.9 Å². The molecule has 1 aromatic carbocycles. The van der Waals surface area contributed by atoms with Crippen molar-refractivity contribution in [3.63, 3.8) is 0 Å². The second kappa shape index (κ2) is 9.09. The van der Waals surface area contributed by atoms with Crippen molar-refractivity contribution >= 4 is 45.6 Å². The van der Waals surface area contributed by atoms with Crippen molar-refractivity contribution in [1.82, 2.24) is 10.2 Å². The zero-order valence-electron chi connectivity index (χ0n) is 14.3. The van der Waals surface area contributed by atoms with Crippen LogP contribution in [-0.4, -0.2) is 22.0 Å². The number of hydrogen-bond donors (Lipinski definition) is 2. The van der Waals surface area contributed by atoms with Crippen LogP contribution in [0.25, 0.3) is 0 Å². The third-order valence-corrected chi connectivity index (χ3v) is 5.57. The summed E-state index contributed by atoms with van der Waals surface area (Å²) in [7, 11) is 0. The minimum Gasteiger partial charge on any atom is -0.326 e. The van der Waals surface area contributed by atoms with Crippen LogP contribution in [0.2, 0.25) is 5.02 Å². The van der Waals surface area contributed by atoms with E-state index in [1.54, 1.807) is 24.3 Å². The molecular weight excluding hydrogens is 372 g/mol. The van der Waals surface area contributed by atoms with Gasteiger partial charge in [0.15, 0.2) is 0 Å². The van der Waals surface area contributed by atoms with Crippen LogP contribution in [0.3, 0.4) is 0 Å². The molecule has 0 spiro atoms. The van der Waals surface area contributed by atoms with Crippen LogP contribution < -0.4 is 10.6 Å². The minimum absolute atomic E-state index is 0.0880. The summed E-state index contributed by atoms with van der Waals surface area (Å²) in [4.78, 5) is 24.0. The van der Waals surface area contributed by atoms with Crippen LogP contribution in [0.5, 0.6) is 0 Å². The molecule has 2 N–H and O–H groups in total. The molecule has 0 atom stereocenters. The van der Waals surface area contributed by atoms with E-state index in [-0.39, 0.29) is 24.7 Å². The molecule has 0 bridgehead atoms. The summed E-state index contributed by atoms with van der Waals surface area (Å²) in [5.74, 6) is -0.00413. The second-order valence-electron chi connectivity index (χ2n) is 6.39. The maximum absolute atomic E-state index is 12.0. The van der Waals surface area contributed by atoms with Gasteiger partial charge in [-0.3, -0.25) is 9.59 Å². The summed E-state index contributed by atoms with van der Waals surface area (Å²) in [6.45, 7) is 0. The fourth-order valence-corrected chi connectivity index (χ4v) is 4.12. The molecule has 0 saturated heterocycles. The van der Waals surface area contributed by atoms with Gasteiger partial charge < -0.3 is 10.6 Å². The van der Waals surface area contributed by atoms with Crippen molar-refractivity contribution in [2.24, 2.45) is 0 Å². The second-order valence-corrected chi connectivity index (χ2v) is 7.83. The van der Waals surface area contributed by atoms with Gasteiger partial charge in [-0.05, 0) is 31.0 Å². The molecule has 3 rings (SSSR count). The van der Waals surface area contributed by atoms with E-state index in [2.05, 4.69) is 20.8 Å². The third-order valence-electron chi connectivity index (χ3n) is 4.33. The van der Waals surface area contributed by atoms with E-state index in [9.17, 15) is 9.59 Å². The lowest BCUT2D eigenvalue weighted by atomic mass is 9.90. The summed E-state index contributed by atoms with van der Waals surface area (Å²) in [6, 6.07) is 6.89. The van der Waals surface area contributed by atoms with Gasteiger partial charge in [-0.1, -0.05) is 48.3 Å². The van der Waals surface area contributed by atoms with E-state index >= 15 is 0 Å². The van der Waals surface area contributed by atoms with Crippen molar-refractivity contribution in [3.8, 4) is 0 Å². The number of carbonyl (C=O) groups excluding carboxylic acids is 2. The maximum atomic E-state index is 12.0. The van der Waals surface area contributed by atoms with Gasteiger partial charge in [0.05, 0.1) is 0 Å². The lowest BCUT2D eigenvalue weighted by Crippen LogP contribution is -2.17. The molecule has 1 aromatic heterocycles. The number of nitrogens with zero attached hydrogens (tertiary/aromatic N) is 2. The standard InChI is InChI=1S/C18H21ClN4O2S/c19-13-7-4-8-14(11-13)20-15(24)9-10-16(25)21-18-23-22-17(26-18)12-5-2-1-3-6-12/h4,7-8,11-12H,1-3,5-6,9-10H2,(H,20,24)(H,21,23,25). The van der Waals surface area contributed by atoms with E-state index in [1.807, 2.05) is 0 Å². The van der Waals surface area contributed by atoms with Gasteiger partial charge in [0.25, 0.3) is 0 Å². The lowest BCUT2D eigenvalue weighted by Gasteiger charge is -2.18. The topological polar surface area (TPSA) is 84.0 Å². The van der Waals surface area contributed by atoms with Gasteiger partial charge in [0.1, 0.15) is 5.01 Å². The fraction of sp³-hybridized carbons (Fsp3) is 0.444. The van der Waals surface area contributed by atoms with E-state index in [1.165, 1.54) is 30.6 Å². The molecule has 1 fully saturated rings. The number of halogens is 1. The summed E-state index contributed by atoms with van der Waals surface area (Å²) in [5.41, 5.74) is 0.615. The molecule has 6 nitrogen and oxygen atoms in total. The first-order valence-corrected chi connectivity index (χ1v) is 9.98. The van der Waals surface area contributed by atoms with Gasteiger partial charge in [0, 0.05) is 29.5 Å². The highest BCUT2D eigenvalue weighted by atomic mass is 35.5. The largest absolute Gasteiger partial charge is 0.326 e. The molecule has 0 unspecified atom stereocenters. The molecule has 0 radical (unpaired) electrons. The minimum atomic E-state index is -0.238. The number of aromatic nitrogens is 2. The maximum Gasteiger partial charge on any atom is 0.226 e. The number of anilines is 2. The number of carbonyl (C=O) groups is 2. The Kier molecular flexibility index (Phi) is 6.57. The van der Waals surface area contributed by atoms with Crippen LogP contribution in [0.4, 0.5) is 10.8 Å². The number of rotatable bonds is 6. The Morgan fingerprint density at radius 2 is 1.81 bits per heavy atom. The van der Waals surface area contributed by atoms with E-state index in [0.29, 0.717) is 21.8 Å². The molecule has 1 heterocycles. The van der Waals surface area contributed by atoms with Gasteiger partial charge in [-0.15, -0.1) is 10.2 Å². The summed E-state index contributed by atoms with van der Waals surface area (Å²) < 4.78 is 0. The predicted molar refractivity (Wildman–Crippen MR) is 104 cm³/mol. The first-order chi connectivity index (χ1) is 12.6. The first-order valence-electron chi connectivity index (χ1n) is 8.79. The highest BCUT2D eigenvalue weighted by Gasteiger charge is 2.20. The Morgan fingerprint density at radius 1 is 1.08 bits per heavy atom. The summed E-state index contributed by atoms with van der Waals surface area (Å²) in [6.07, 6.45) is 6.22. The van der Waals surface area contributed by atoms with Gasteiger partial charge in [-0.25, -0.2) is 0 Å². The first kappa shape index (κ1) is 18.8. The van der Waals surface area contributed by atoms with Crippen LogP contribution in [0, 0.1) is 0 Å². The molecular formula is C18H21ClN4O2S. The fourth-order valence-electron chi connectivity index (χ4n) is 3.00. The molecule has 8 heteroatoms. The number of nitrogens with one attached hydrogen (secondary N) is 2. The molecule has 26 heavy (non-hydrogen) atoms. The van der Waals surface area contributed by atoms with Crippen LogP contribution in [-0.2, 0) is 9.59 Å². The Balaban J connectivity index is 1.44.